The van der Waals surface area contributed by atoms with Crippen LogP contribution in [0.2, 0.25) is 0 Å². The molecule has 0 aliphatic carbocycles. The first-order valence-corrected chi connectivity index (χ1v) is 11.9. The van der Waals surface area contributed by atoms with Crippen molar-refractivity contribution >= 4 is 45.0 Å². The molecule has 0 unspecified atom stereocenters. The number of furan rings is 1. The van der Waals surface area contributed by atoms with Crippen molar-refractivity contribution in [3.63, 3.8) is 0 Å². The minimum atomic E-state index is -0.262. The number of hydrogen-bond donors (Lipinski definition) is 1. The Kier molecular flexibility index (Phi) is 6.41. The van der Waals surface area contributed by atoms with Gasteiger partial charge in [0.15, 0.2) is 12.3 Å². The molecule has 0 radical (unpaired) electrons. The standard InChI is InChI=1S/C24H24N4O5S/c1-15-2-5-21-23(25-15)27-24(34-21)33-18-3-4-19-16(12-32-20(19)10-18)11-28-8-6-17(7-9-28)26-22(30)13-31-14-29/h2-5,10,12,14,17H,6-9,11,13H2,1H3,(H,26,30). The van der Waals surface area contributed by atoms with Crippen LogP contribution in [0.25, 0.3) is 21.3 Å². The Hall–Kier alpha value is -3.50. The number of fused-ring (bicyclic) bond motifs is 2. The predicted octanol–water partition coefficient (Wildman–Crippen LogP) is 3.79. The molecular weight excluding hydrogens is 456 g/mol. The lowest BCUT2D eigenvalue weighted by Gasteiger charge is -2.32. The SMILES string of the molecule is Cc1ccc2sc(Oc3ccc4c(CN5CCC(NC(=O)COC=O)CC5)coc4c3)nc2n1. The first-order chi connectivity index (χ1) is 16.6. The average molecular weight is 481 g/mol. The van der Waals surface area contributed by atoms with Gasteiger partial charge in [0.2, 0.25) is 0 Å². The molecule has 34 heavy (non-hydrogen) atoms. The van der Waals surface area contributed by atoms with Crippen molar-refractivity contribution in [1.29, 1.82) is 0 Å². The summed E-state index contributed by atoms with van der Waals surface area (Å²) in [6, 6.07) is 9.88. The third kappa shape index (κ3) is 5.02. The van der Waals surface area contributed by atoms with Crippen molar-refractivity contribution in [2.45, 2.75) is 32.4 Å². The highest BCUT2D eigenvalue weighted by Crippen LogP contribution is 2.33. The van der Waals surface area contributed by atoms with Gasteiger partial charge in [0.1, 0.15) is 11.3 Å². The van der Waals surface area contributed by atoms with Crippen LogP contribution in [0.4, 0.5) is 0 Å². The van der Waals surface area contributed by atoms with Crippen LogP contribution < -0.4 is 10.1 Å². The number of carbonyl (C=O) groups is 2. The molecule has 0 spiro atoms. The molecule has 0 atom stereocenters. The largest absolute Gasteiger partial charge is 0.464 e. The predicted molar refractivity (Wildman–Crippen MR) is 127 cm³/mol. The van der Waals surface area contributed by atoms with E-state index in [4.69, 9.17) is 9.15 Å². The van der Waals surface area contributed by atoms with Crippen molar-refractivity contribution in [2.75, 3.05) is 19.7 Å². The topological polar surface area (TPSA) is 107 Å². The normalized spacial score (nSPS) is 15.0. The molecule has 1 N–H and O–H groups in total. The number of pyridine rings is 1. The van der Waals surface area contributed by atoms with Crippen molar-refractivity contribution in [3.8, 4) is 10.9 Å². The summed E-state index contributed by atoms with van der Waals surface area (Å²) in [6.45, 7) is 4.48. The second kappa shape index (κ2) is 9.78. The summed E-state index contributed by atoms with van der Waals surface area (Å²) < 4.78 is 17.3. The molecule has 1 aliphatic heterocycles. The summed E-state index contributed by atoms with van der Waals surface area (Å²) in [5.74, 6) is 0.404. The zero-order chi connectivity index (χ0) is 23.5. The van der Waals surface area contributed by atoms with Gasteiger partial charge >= 0.3 is 0 Å². The maximum atomic E-state index is 11.7. The molecule has 1 aliphatic rings. The highest BCUT2D eigenvalue weighted by atomic mass is 32.1. The molecule has 1 fully saturated rings. The van der Waals surface area contributed by atoms with Crippen LogP contribution in [-0.2, 0) is 20.9 Å². The quantitative estimate of drug-likeness (QED) is 0.380. The number of nitrogens with zero attached hydrogens (tertiary/aromatic N) is 3. The van der Waals surface area contributed by atoms with E-state index in [2.05, 4.69) is 24.9 Å². The number of aromatic nitrogens is 2. The van der Waals surface area contributed by atoms with Crippen molar-refractivity contribution in [1.82, 2.24) is 20.2 Å². The molecule has 176 valence electrons. The smallest absolute Gasteiger partial charge is 0.293 e. The lowest BCUT2D eigenvalue weighted by atomic mass is 10.0. The van der Waals surface area contributed by atoms with Crippen LogP contribution in [0, 0.1) is 6.92 Å². The van der Waals surface area contributed by atoms with E-state index in [-0.39, 0.29) is 25.0 Å². The second-order valence-electron chi connectivity index (χ2n) is 8.30. The van der Waals surface area contributed by atoms with E-state index in [1.165, 1.54) is 11.3 Å². The van der Waals surface area contributed by atoms with Gasteiger partial charge in [0, 0.05) is 48.4 Å². The monoisotopic (exact) mass is 480 g/mol. The zero-order valence-corrected chi connectivity index (χ0v) is 19.5. The van der Waals surface area contributed by atoms with Gasteiger partial charge in [-0.05, 0) is 44.0 Å². The van der Waals surface area contributed by atoms with Crippen LogP contribution in [0.5, 0.6) is 10.9 Å². The van der Waals surface area contributed by atoms with Gasteiger partial charge in [-0.2, -0.15) is 4.98 Å². The van der Waals surface area contributed by atoms with E-state index < -0.39 is 0 Å². The Morgan fingerprint density at radius 3 is 2.94 bits per heavy atom. The van der Waals surface area contributed by atoms with Gasteiger partial charge in [0.25, 0.3) is 17.6 Å². The van der Waals surface area contributed by atoms with E-state index >= 15 is 0 Å². The van der Waals surface area contributed by atoms with Crippen LogP contribution in [0.15, 0.2) is 41.0 Å². The number of thiazole rings is 1. The third-order valence-corrected chi connectivity index (χ3v) is 6.72. The van der Waals surface area contributed by atoms with E-state index in [9.17, 15) is 9.59 Å². The van der Waals surface area contributed by atoms with E-state index in [1.807, 2.05) is 37.3 Å². The summed E-state index contributed by atoms with van der Waals surface area (Å²) in [4.78, 5) is 33.2. The fourth-order valence-electron chi connectivity index (χ4n) is 4.14. The van der Waals surface area contributed by atoms with E-state index in [1.54, 1.807) is 6.26 Å². The second-order valence-corrected chi connectivity index (χ2v) is 9.29. The number of hydrogen-bond acceptors (Lipinski definition) is 9. The summed E-state index contributed by atoms with van der Waals surface area (Å²) in [7, 11) is 0. The van der Waals surface area contributed by atoms with Crippen LogP contribution in [-0.4, -0.2) is 53.0 Å². The van der Waals surface area contributed by atoms with Crippen molar-refractivity contribution in [3.05, 3.63) is 47.9 Å². The number of nitrogens with one attached hydrogen (secondary N) is 1. The molecule has 4 heterocycles. The highest BCUT2D eigenvalue weighted by molar-refractivity contribution is 7.20. The zero-order valence-electron chi connectivity index (χ0n) is 18.7. The Morgan fingerprint density at radius 1 is 1.26 bits per heavy atom. The van der Waals surface area contributed by atoms with E-state index in [0.29, 0.717) is 16.6 Å². The average Bonchev–Trinajstić information content (AvgIpc) is 3.41. The number of amides is 1. The minimum Gasteiger partial charge on any atom is -0.464 e. The maximum Gasteiger partial charge on any atom is 0.293 e. The van der Waals surface area contributed by atoms with Crippen LogP contribution in [0.1, 0.15) is 24.1 Å². The molecule has 9 nitrogen and oxygen atoms in total. The van der Waals surface area contributed by atoms with Crippen LogP contribution in [0.3, 0.4) is 0 Å². The number of piperidine rings is 1. The Bertz CT molecular complexity index is 1330. The first-order valence-electron chi connectivity index (χ1n) is 11.1. The molecular formula is C24H24N4O5S. The Labute approximate surface area is 199 Å². The Morgan fingerprint density at radius 2 is 2.12 bits per heavy atom. The van der Waals surface area contributed by atoms with Crippen molar-refractivity contribution in [2.24, 2.45) is 0 Å². The Balaban J connectivity index is 1.19. The van der Waals surface area contributed by atoms with Gasteiger partial charge in [-0.1, -0.05) is 11.3 Å². The number of carbonyl (C=O) groups excluding carboxylic acids is 2. The van der Waals surface area contributed by atoms with E-state index in [0.717, 1.165) is 59.4 Å². The van der Waals surface area contributed by atoms with Gasteiger partial charge in [0.05, 0.1) is 11.0 Å². The minimum absolute atomic E-state index is 0.0985. The molecule has 1 saturated heterocycles. The molecule has 1 amide bonds. The number of ether oxygens (including phenoxy) is 2. The van der Waals surface area contributed by atoms with Gasteiger partial charge in [-0.3, -0.25) is 14.5 Å². The number of likely N-dealkylation sites (tertiary alicyclic amines) is 1. The fourth-order valence-corrected chi connectivity index (χ4v) is 4.92. The van der Waals surface area contributed by atoms with Gasteiger partial charge in [-0.15, -0.1) is 0 Å². The molecule has 0 bridgehead atoms. The molecule has 5 rings (SSSR count). The fraction of sp³-hybridized carbons (Fsp3) is 0.333. The molecule has 10 heteroatoms. The van der Waals surface area contributed by atoms with Crippen LogP contribution >= 0.6 is 11.3 Å². The van der Waals surface area contributed by atoms with Crippen molar-refractivity contribution < 1.29 is 23.5 Å². The number of rotatable bonds is 8. The summed E-state index contributed by atoms with van der Waals surface area (Å²) in [5.41, 5.74) is 3.49. The molecule has 3 aromatic heterocycles. The summed E-state index contributed by atoms with van der Waals surface area (Å²) in [6.07, 6.45) is 3.48. The highest BCUT2D eigenvalue weighted by Gasteiger charge is 2.22. The third-order valence-electron chi connectivity index (χ3n) is 5.83. The number of aryl methyl sites for hydroxylation is 1. The first kappa shape index (κ1) is 22.3. The van der Waals surface area contributed by atoms with Gasteiger partial charge in [-0.25, -0.2) is 4.98 Å². The maximum absolute atomic E-state index is 11.7. The lowest BCUT2D eigenvalue weighted by Crippen LogP contribution is -2.45. The summed E-state index contributed by atoms with van der Waals surface area (Å²) >= 11 is 1.46. The van der Waals surface area contributed by atoms with Gasteiger partial charge < -0.3 is 19.2 Å². The molecule has 0 saturated carbocycles. The summed E-state index contributed by atoms with van der Waals surface area (Å²) in [5, 5.41) is 4.51. The molecule has 4 aromatic rings. The lowest BCUT2D eigenvalue weighted by molar-refractivity contribution is -0.137. The molecule has 1 aromatic carbocycles. The number of benzene rings is 1.